The molecular formula is C19H14ClN5O2. The molecule has 0 aliphatic carbocycles. The summed E-state index contributed by atoms with van der Waals surface area (Å²) in [5.74, 6) is -0.296. The average Bonchev–Trinajstić information content (AvgIpc) is 3.07. The highest BCUT2D eigenvalue weighted by Crippen LogP contribution is 2.23. The molecule has 2 aromatic heterocycles. The number of aromatic amines is 1. The summed E-state index contributed by atoms with van der Waals surface area (Å²) >= 11 is 6.05. The van der Waals surface area contributed by atoms with Crippen molar-refractivity contribution in [3.8, 4) is 5.69 Å². The molecule has 2 N–H and O–H groups in total. The fourth-order valence-corrected chi connectivity index (χ4v) is 3.15. The first-order chi connectivity index (χ1) is 13.0. The van der Waals surface area contributed by atoms with Gasteiger partial charge in [0.2, 0.25) is 0 Å². The number of halogens is 1. The molecule has 1 amide bonds. The number of rotatable bonds is 3. The molecule has 0 fully saturated rings. The van der Waals surface area contributed by atoms with Crippen LogP contribution < -0.4 is 10.9 Å². The van der Waals surface area contributed by atoms with Crippen molar-refractivity contribution in [1.82, 2.24) is 19.7 Å². The zero-order valence-corrected chi connectivity index (χ0v) is 15.0. The lowest BCUT2D eigenvalue weighted by Gasteiger charge is -2.12. The number of amides is 1. The summed E-state index contributed by atoms with van der Waals surface area (Å²) in [6.07, 6.45) is 2.76. The van der Waals surface area contributed by atoms with E-state index in [9.17, 15) is 9.59 Å². The standard InChI is InChI=1S/C19H14ClN5O2/c1-11-6-12(8-13(20)7-11)18(26)24-15-4-2-3-5-16(15)25-17-14(9-23-25)19(27)22-10-21-17/h2-10H,1H3,(H,24,26)(H,21,22,27). The van der Waals surface area contributed by atoms with E-state index in [2.05, 4.69) is 20.4 Å². The van der Waals surface area contributed by atoms with Gasteiger partial charge in [-0.15, -0.1) is 0 Å². The van der Waals surface area contributed by atoms with Gasteiger partial charge in [0.05, 0.1) is 23.9 Å². The summed E-state index contributed by atoms with van der Waals surface area (Å²) in [4.78, 5) is 31.3. The lowest BCUT2D eigenvalue weighted by molar-refractivity contribution is 0.102. The Balaban J connectivity index is 1.76. The molecule has 4 rings (SSSR count). The lowest BCUT2D eigenvalue weighted by atomic mass is 10.1. The Hall–Kier alpha value is -3.45. The first-order valence-corrected chi connectivity index (χ1v) is 8.50. The van der Waals surface area contributed by atoms with E-state index in [-0.39, 0.29) is 11.5 Å². The fourth-order valence-electron chi connectivity index (χ4n) is 2.86. The van der Waals surface area contributed by atoms with Crippen LogP contribution in [0.5, 0.6) is 0 Å². The second-order valence-electron chi connectivity index (χ2n) is 6.01. The maximum Gasteiger partial charge on any atom is 0.261 e. The summed E-state index contributed by atoms with van der Waals surface area (Å²) in [5.41, 5.74) is 2.60. The fraction of sp³-hybridized carbons (Fsp3) is 0.0526. The largest absolute Gasteiger partial charge is 0.320 e. The van der Waals surface area contributed by atoms with Crippen molar-refractivity contribution in [2.75, 3.05) is 5.32 Å². The van der Waals surface area contributed by atoms with E-state index < -0.39 is 0 Å². The Morgan fingerprint density at radius 2 is 2.04 bits per heavy atom. The SMILES string of the molecule is Cc1cc(Cl)cc(C(=O)Nc2ccccc2-n2ncc3c(=O)[nH]cnc32)c1. The van der Waals surface area contributed by atoms with Gasteiger partial charge in [-0.2, -0.15) is 5.10 Å². The second kappa shape index (κ2) is 6.69. The Labute approximate surface area is 158 Å². The van der Waals surface area contributed by atoms with Crippen LogP contribution >= 0.6 is 11.6 Å². The maximum absolute atomic E-state index is 12.7. The molecule has 134 valence electrons. The molecule has 0 radical (unpaired) electrons. The van der Waals surface area contributed by atoms with E-state index in [0.717, 1.165) is 5.56 Å². The summed E-state index contributed by atoms with van der Waals surface area (Å²) in [6, 6.07) is 12.3. The third kappa shape index (κ3) is 3.20. The number of carbonyl (C=O) groups is 1. The third-order valence-corrected chi connectivity index (χ3v) is 4.27. The van der Waals surface area contributed by atoms with Crippen LogP contribution in [0.15, 0.2) is 59.8 Å². The minimum atomic E-state index is -0.296. The van der Waals surface area contributed by atoms with Crippen molar-refractivity contribution in [2.24, 2.45) is 0 Å². The van der Waals surface area contributed by atoms with Gasteiger partial charge in [-0.05, 0) is 42.8 Å². The highest BCUT2D eigenvalue weighted by molar-refractivity contribution is 6.31. The zero-order chi connectivity index (χ0) is 19.0. The molecule has 4 aromatic rings. The van der Waals surface area contributed by atoms with Gasteiger partial charge in [-0.1, -0.05) is 23.7 Å². The van der Waals surface area contributed by atoms with E-state index in [4.69, 9.17) is 11.6 Å². The van der Waals surface area contributed by atoms with Gasteiger partial charge in [0.25, 0.3) is 11.5 Å². The Bertz CT molecular complexity index is 1210. The number of para-hydroxylation sites is 2. The van der Waals surface area contributed by atoms with Gasteiger partial charge in [0.15, 0.2) is 5.65 Å². The van der Waals surface area contributed by atoms with E-state index in [0.29, 0.717) is 33.0 Å². The normalized spacial score (nSPS) is 10.9. The molecule has 0 atom stereocenters. The summed E-state index contributed by atoms with van der Waals surface area (Å²) in [5, 5.41) is 7.99. The smallest absolute Gasteiger partial charge is 0.261 e. The minimum absolute atomic E-state index is 0.276. The summed E-state index contributed by atoms with van der Waals surface area (Å²) < 4.78 is 1.52. The maximum atomic E-state index is 12.7. The molecule has 7 nitrogen and oxygen atoms in total. The first kappa shape index (κ1) is 17.0. The van der Waals surface area contributed by atoms with Gasteiger partial charge < -0.3 is 10.3 Å². The topological polar surface area (TPSA) is 92.7 Å². The van der Waals surface area contributed by atoms with Crippen LogP contribution in [0.4, 0.5) is 5.69 Å². The molecular weight excluding hydrogens is 366 g/mol. The Morgan fingerprint density at radius 1 is 1.22 bits per heavy atom. The van der Waals surface area contributed by atoms with Gasteiger partial charge in [0.1, 0.15) is 5.39 Å². The number of fused-ring (bicyclic) bond motifs is 1. The molecule has 0 spiro atoms. The van der Waals surface area contributed by atoms with Crippen LogP contribution in [-0.4, -0.2) is 25.7 Å². The van der Waals surface area contributed by atoms with Crippen molar-refractivity contribution in [1.29, 1.82) is 0 Å². The Morgan fingerprint density at radius 3 is 2.85 bits per heavy atom. The van der Waals surface area contributed by atoms with Crippen molar-refractivity contribution in [2.45, 2.75) is 6.92 Å². The van der Waals surface area contributed by atoms with Crippen LogP contribution in [0.3, 0.4) is 0 Å². The predicted octanol–water partition coefficient (Wildman–Crippen LogP) is 3.32. The number of benzene rings is 2. The number of nitrogens with zero attached hydrogens (tertiary/aromatic N) is 3. The highest BCUT2D eigenvalue weighted by atomic mass is 35.5. The number of hydrogen-bond donors (Lipinski definition) is 2. The minimum Gasteiger partial charge on any atom is -0.320 e. The molecule has 0 aliphatic rings. The zero-order valence-electron chi connectivity index (χ0n) is 14.2. The first-order valence-electron chi connectivity index (χ1n) is 8.12. The van der Waals surface area contributed by atoms with E-state index in [1.165, 1.54) is 17.2 Å². The van der Waals surface area contributed by atoms with Gasteiger partial charge in [-0.25, -0.2) is 9.67 Å². The second-order valence-corrected chi connectivity index (χ2v) is 6.45. The lowest BCUT2D eigenvalue weighted by Crippen LogP contribution is -2.14. The quantitative estimate of drug-likeness (QED) is 0.571. The van der Waals surface area contributed by atoms with Crippen LogP contribution in [0.1, 0.15) is 15.9 Å². The molecule has 0 unspecified atom stereocenters. The predicted molar refractivity (Wildman–Crippen MR) is 104 cm³/mol. The summed E-state index contributed by atoms with van der Waals surface area (Å²) in [6.45, 7) is 1.87. The number of hydrogen-bond acceptors (Lipinski definition) is 4. The molecule has 0 saturated heterocycles. The van der Waals surface area contributed by atoms with E-state index in [1.807, 2.05) is 13.0 Å². The highest BCUT2D eigenvalue weighted by Gasteiger charge is 2.15. The number of H-pyrrole nitrogens is 1. The molecule has 0 saturated carbocycles. The average molecular weight is 380 g/mol. The van der Waals surface area contributed by atoms with Crippen LogP contribution in [0.25, 0.3) is 16.7 Å². The third-order valence-electron chi connectivity index (χ3n) is 4.06. The molecule has 0 bridgehead atoms. The van der Waals surface area contributed by atoms with Crippen LogP contribution in [0.2, 0.25) is 5.02 Å². The van der Waals surface area contributed by atoms with E-state index in [1.54, 1.807) is 36.4 Å². The van der Waals surface area contributed by atoms with Crippen molar-refractivity contribution < 1.29 is 4.79 Å². The van der Waals surface area contributed by atoms with Gasteiger partial charge in [0, 0.05) is 10.6 Å². The van der Waals surface area contributed by atoms with Crippen LogP contribution in [-0.2, 0) is 0 Å². The van der Waals surface area contributed by atoms with E-state index >= 15 is 0 Å². The van der Waals surface area contributed by atoms with Gasteiger partial charge >= 0.3 is 0 Å². The van der Waals surface area contributed by atoms with Crippen molar-refractivity contribution in [3.05, 3.63) is 81.5 Å². The molecule has 2 heterocycles. The molecule has 8 heteroatoms. The number of anilines is 1. The van der Waals surface area contributed by atoms with Crippen molar-refractivity contribution in [3.63, 3.8) is 0 Å². The molecule has 0 aliphatic heterocycles. The Kier molecular flexibility index (Phi) is 4.21. The number of nitrogens with one attached hydrogen (secondary N) is 2. The number of aryl methyl sites for hydroxylation is 1. The molecule has 27 heavy (non-hydrogen) atoms. The van der Waals surface area contributed by atoms with Gasteiger partial charge in [-0.3, -0.25) is 9.59 Å². The molecule has 2 aromatic carbocycles. The van der Waals surface area contributed by atoms with Crippen molar-refractivity contribution >= 4 is 34.2 Å². The monoisotopic (exact) mass is 379 g/mol. The number of aromatic nitrogens is 4. The number of carbonyl (C=O) groups excluding carboxylic acids is 1. The van der Waals surface area contributed by atoms with Crippen LogP contribution in [0, 0.1) is 6.92 Å². The summed E-state index contributed by atoms with van der Waals surface area (Å²) in [7, 11) is 0.